The second-order valence-electron chi connectivity index (χ2n) is 7.63. The summed E-state index contributed by atoms with van der Waals surface area (Å²) in [6.45, 7) is 1.05. The van der Waals surface area contributed by atoms with E-state index in [4.69, 9.17) is 10.5 Å². The van der Waals surface area contributed by atoms with Crippen molar-refractivity contribution in [3.63, 3.8) is 0 Å². The summed E-state index contributed by atoms with van der Waals surface area (Å²) in [5.41, 5.74) is 6.21. The average Bonchev–Trinajstić information content (AvgIpc) is 3.38. The van der Waals surface area contributed by atoms with Crippen molar-refractivity contribution in [1.29, 1.82) is 0 Å². The summed E-state index contributed by atoms with van der Waals surface area (Å²) in [4.78, 5) is 13.9. The first-order valence-corrected chi connectivity index (χ1v) is 9.12. The maximum Gasteiger partial charge on any atom is 0.395 e. The first-order valence-electron chi connectivity index (χ1n) is 9.12. The fraction of sp³-hybridized carbons (Fsp3) is 0.526. The van der Waals surface area contributed by atoms with E-state index in [1.54, 1.807) is 13.1 Å². The van der Waals surface area contributed by atoms with Crippen LogP contribution >= 0.6 is 0 Å². The molecule has 5 nitrogen and oxygen atoms in total. The number of nitrogens with two attached hydrogens (primary N) is 1. The van der Waals surface area contributed by atoms with Crippen LogP contribution in [0.3, 0.4) is 0 Å². The molecule has 2 N–H and O–H groups in total. The number of aromatic nitrogens is 1. The molecular formula is C19H21F4N3O2. The topological polar surface area (TPSA) is 60.5 Å². The Bertz CT molecular complexity index is 998. The highest BCUT2D eigenvalue weighted by atomic mass is 19.4. The van der Waals surface area contributed by atoms with E-state index in [1.807, 2.05) is 4.57 Å². The zero-order valence-corrected chi connectivity index (χ0v) is 15.5. The maximum atomic E-state index is 15.0. The Balaban J connectivity index is 1.93. The zero-order valence-electron chi connectivity index (χ0n) is 15.5. The highest BCUT2D eigenvalue weighted by molar-refractivity contribution is 5.92. The van der Waals surface area contributed by atoms with E-state index in [2.05, 4.69) is 0 Å². The number of fused-ring (bicyclic) bond motifs is 1. The largest absolute Gasteiger partial charge is 0.492 e. The number of aryl methyl sites for hydroxylation is 1. The molecule has 9 heteroatoms. The molecular weight excluding hydrogens is 378 g/mol. The lowest BCUT2D eigenvalue weighted by Gasteiger charge is -2.25. The van der Waals surface area contributed by atoms with E-state index >= 15 is 4.39 Å². The Morgan fingerprint density at radius 3 is 2.46 bits per heavy atom. The van der Waals surface area contributed by atoms with Gasteiger partial charge in [-0.05, 0) is 25.8 Å². The van der Waals surface area contributed by atoms with Gasteiger partial charge in [-0.3, -0.25) is 4.79 Å². The van der Waals surface area contributed by atoms with Crippen LogP contribution in [0, 0.1) is 18.7 Å². The lowest BCUT2D eigenvalue weighted by Crippen LogP contribution is -2.38. The van der Waals surface area contributed by atoms with E-state index < -0.39 is 30.5 Å². The van der Waals surface area contributed by atoms with Gasteiger partial charge in [0.05, 0.1) is 23.9 Å². The third-order valence-corrected chi connectivity index (χ3v) is 5.62. The zero-order chi connectivity index (χ0) is 20.4. The Labute approximate surface area is 158 Å². The minimum Gasteiger partial charge on any atom is -0.492 e. The summed E-state index contributed by atoms with van der Waals surface area (Å²) in [5.74, 6) is -2.46. The highest BCUT2D eigenvalue weighted by Crippen LogP contribution is 2.45. The Morgan fingerprint density at radius 1 is 1.25 bits per heavy atom. The quantitative estimate of drug-likeness (QED) is 0.806. The fourth-order valence-electron chi connectivity index (χ4n) is 4.07. The van der Waals surface area contributed by atoms with Crippen LogP contribution in [-0.2, 0) is 0 Å². The Kier molecular flexibility index (Phi) is 4.33. The van der Waals surface area contributed by atoms with E-state index in [0.29, 0.717) is 11.1 Å². The maximum absolute atomic E-state index is 15.0. The predicted molar refractivity (Wildman–Crippen MR) is 97.5 cm³/mol. The van der Waals surface area contributed by atoms with Crippen molar-refractivity contribution >= 4 is 16.6 Å². The molecule has 0 unspecified atom stereocenters. The van der Waals surface area contributed by atoms with Gasteiger partial charge in [-0.15, -0.1) is 0 Å². The second kappa shape index (κ2) is 6.37. The van der Waals surface area contributed by atoms with Gasteiger partial charge >= 0.3 is 6.18 Å². The summed E-state index contributed by atoms with van der Waals surface area (Å²) in [7, 11) is 1.33. The molecule has 1 aromatic heterocycles. The van der Waals surface area contributed by atoms with Crippen LogP contribution in [0.25, 0.3) is 10.9 Å². The van der Waals surface area contributed by atoms with Gasteiger partial charge in [0.2, 0.25) is 0 Å². The molecule has 2 atom stereocenters. The van der Waals surface area contributed by atoms with Crippen molar-refractivity contribution in [3.05, 3.63) is 33.9 Å². The highest BCUT2D eigenvalue weighted by Gasteiger charge is 2.49. The number of hydrogen-bond acceptors (Lipinski definition) is 4. The number of halogens is 4. The standard InChI is InChI=1S/C19H21F4N3O2/c1-9-6-26(10-3-4-10)15-11(17(9)27)5-13(20)16(18(15)28-2)25-7-12(14(24)8-25)19(21,22)23/h5-6,10,12,14H,3-4,7-8,24H2,1-2H3/t12-,14+/m1/s1. The van der Waals surface area contributed by atoms with Gasteiger partial charge in [0.25, 0.3) is 0 Å². The number of benzene rings is 1. The molecule has 1 aliphatic heterocycles. The van der Waals surface area contributed by atoms with Gasteiger partial charge in [0.15, 0.2) is 17.0 Å². The number of anilines is 1. The van der Waals surface area contributed by atoms with Crippen molar-refractivity contribution in [3.8, 4) is 5.75 Å². The molecule has 2 heterocycles. The van der Waals surface area contributed by atoms with Crippen molar-refractivity contribution in [2.75, 3.05) is 25.1 Å². The van der Waals surface area contributed by atoms with Gasteiger partial charge in [-0.2, -0.15) is 13.2 Å². The normalized spacial score (nSPS) is 22.9. The number of nitrogens with zero attached hydrogens (tertiary/aromatic N) is 2. The minimum atomic E-state index is -4.47. The summed E-state index contributed by atoms with van der Waals surface area (Å²) >= 11 is 0. The van der Waals surface area contributed by atoms with E-state index in [-0.39, 0.29) is 34.8 Å². The molecule has 0 radical (unpaired) electrons. The third kappa shape index (κ3) is 2.92. The van der Waals surface area contributed by atoms with Crippen LogP contribution in [0.4, 0.5) is 23.2 Å². The lowest BCUT2D eigenvalue weighted by atomic mass is 10.0. The first kappa shape index (κ1) is 19.0. The Morgan fingerprint density at radius 2 is 1.93 bits per heavy atom. The van der Waals surface area contributed by atoms with Crippen LogP contribution in [0.5, 0.6) is 5.75 Å². The van der Waals surface area contributed by atoms with Crippen molar-refractivity contribution in [2.45, 2.75) is 38.0 Å². The van der Waals surface area contributed by atoms with Crippen LogP contribution in [0.2, 0.25) is 0 Å². The lowest BCUT2D eigenvalue weighted by molar-refractivity contribution is -0.171. The second-order valence-corrected chi connectivity index (χ2v) is 7.63. The fourth-order valence-corrected chi connectivity index (χ4v) is 4.07. The number of alkyl halides is 3. The number of pyridine rings is 1. The third-order valence-electron chi connectivity index (χ3n) is 5.62. The number of ether oxygens (including phenoxy) is 1. The number of methoxy groups -OCH3 is 1. The molecule has 2 fully saturated rings. The molecule has 0 amide bonds. The Hall–Kier alpha value is -2.29. The molecule has 1 aromatic carbocycles. The van der Waals surface area contributed by atoms with Gasteiger partial charge in [-0.25, -0.2) is 4.39 Å². The van der Waals surface area contributed by atoms with Crippen LogP contribution in [0.1, 0.15) is 24.4 Å². The molecule has 0 spiro atoms. The molecule has 4 rings (SSSR count). The van der Waals surface area contributed by atoms with Crippen LogP contribution in [-0.4, -0.2) is 37.0 Å². The van der Waals surface area contributed by atoms with E-state index in [1.165, 1.54) is 12.0 Å². The molecule has 0 bridgehead atoms. The summed E-state index contributed by atoms with van der Waals surface area (Å²) in [5, 5.41) is 0.167. The van der Waals surface area contributed by atoms with Gasteiger partial charge in [0, 0.05) is 36.9 Å². The van der Waals surface area contributed by atoms with Crippen LogP contribution < -0.4 is 20.8 Å². The molecule has 1 saturated heterocycles. The van der Waals surface area contributed by atoms with Crippen molar-refractivity contribution in [1.82, 2.24) is 4.57 Å². The smallest absolute Gasteiger partial charge is 0.395 e. The minimum absolute atomic E-state index is 0.0742. The average molecular weight is 399 g/mol. The number of rotatable bonds is 3. The molecule has 1 saturated carbocycles. The molecule has 2 aromatic rings. The summed E-state index contributed by atoms with van der Waals surface area (Å²) in [6.07, 6.45) is -0.932. The molecule has 152 valence electrons. The van der Waals surface area contributed by atoms with Crippen molar-refractivity contribution < 1.29 is 22.3 Å². The molecule has 2 aliphatic rings. The summed E-state index contributed by atoms with van der Waals surface area (Å²) in [6, 6.07) is 0.106. The molecule has 1 aliphatic carbocycles. The van der Waals surface area contributed by atoms with Gasteiger partial charge in [-0.1, -0.05) is 0 Å². The summed E-state index contributed by atoms with van der Waals surface area (Å²) < 4.78 is 62.1. The van der Waals surface area contributed by atoms with Gasteiger partial charge in [0.1, 0.15) is 5.69 Å². The first-order chi connectivity index (χ1) is 13.1. The SMILES string of the molecule is COc1c(N2C[C@@H](C(F)(F)F)[C@@H](N)C2)c(F)cc2c(=O)c(C)cn(C3CC3)c12. The van der Waals surface area contributed by atoms with Crippen LogP contribution in [0.15, 0.2) is 17.1 Å². The number of hydrogen-bond donors (Lipinski definition) is 1. The van der Waals surface area contributed by atoms with E-state index in [0.717, 1.165) is 18.9 Å². The van der Waals surface area contributed by atoms with Crippen molar-refractivity contribution in [2.24, 2.45) is 11.7 Å². The van der Waals surface area contributed by atoms with Gasteiger partial charge < -0.3 is 19.9 Å². The van der Waals surface area contributed by atoms with E-state index in [9.17, 15) is 18.0 Å². The molecule has 28 heavy (non-hydrogen) atoms. The predicted octanol–water partition coefficient (Wildman–Crippen LogP) is 3.12. The monoisotopic (exact) mass is 399 g/mol.